The van der Waals surface area contributed by atoms with Gasteiger partial charge in [0.05, 0.1) is 22.3 Å². The maximum absolute atomic E-state index is 12.0. The van der Waals surface area contributed by atoms with Crippen molar-refractivity contribution in [2.75, 3.05) is 24.2 Å². The Morgan fingerprint density at radius 1 is 1.37 bits per heavy atom. The topological polar surface area (TPSA) is 74.7 Å². The van der Waals surface area contributed by atoms with Gasteiger partial charge in [-0.1, -0.05) is 26.0 Å². The van der Waals surface area contributed by atoms with Crippen LogP contribution in [-0.4, -0.2) is 38.8 Å². The molecular weight excluding hydrogens is 266 g/mol. The number of carbonyl (C=O) groups is 1. The molecule has 1 unspecified atom stereocenters. The largest absolute Gasteiger partial charge is 0.481 e. The molecule has 0 aliphatic rings. The number of carboxylic acids is 1. The minimum Gasteiger partial charge on any atom is -0.481 e. The second kappa shape index (κ2) is 6.06. The summed E-state index contributed by atoms with van der Waals surface area (Å²) in [5.41, 5.74) is 0.539. The first-order chi connectivity index (χ1) is 8.79. The van der Waals surface area contributed by atoms with E-state index in [1.807, 2.05) is 0 Å². The molecule has 0 aliphatic heterocycles. The fraction of sp³-hybridized carbons (Fsp3) is 0.462. The third-order valence-electron chi connectivity index (χ3n) is 2.96. The Morgan fingerprint density at radius 3 is 2.47 bits per heavy atom. The zero-order valence-corrected chi connectivity index (χ0v) is 12.1. The molecule has 0 fully saturated rings. The molecule has 6 heteroatoms. The molecule has 0 aromatic heterocycles. The van der Waals surface area contributed by atoms with Crippen molar-refractivity contribution in [2.45, 2.75) is 18.7 Å². The number of anilines is 1. The molecule has 0 radical (unpaired) electrons. The minimum absolute atomic E-state index is 0.0202. The van der Waals surface area contributed by atoms with Crippen molar-refractivity contribution in [1.29, 1.82) is 0 Å². The first kappa shape index (κ1) is 15.5. The number of para-hydroxylation sites is 1. The average molecular weight is 285 g/mol. The van der Waals surface area contributed by atoms with Crippen LogP contribution >= 0.6 is 0 Å². The Balaban J connectivity index is 3.11. The molecule has 1 N–H and O–H groups in total. The first-order valence-electron chi connectivity index (χ1n) is 6.05. The van der Waals surface area contributed by atoms with Crippen LogP contribution in [0.25, 0.3) is 0 Å². The van der Waals surface area contributed by atoms with Crippen LogP contribution in [0.3, 0.4) is 0 Å². The highest BCUT2D eigenvalue weighted by Gasteiger charge is 2.20. The molecule has 0 spiro atoms. The normalized spacial score (nSPS) is 13.0. The van der Waals surface area contributed by atoms with Crippen LogP contribution in [0.1, 0.15) is 13.8 Å². The predicted octanol–water partition coefficient (Wildman–Crippen LogP) is 1.64. The quantitative estimate of drug-likeness (QED) is 0.860. The molecule has 1 aromatic carbocycles. The van der Waals surface area contributed by atoms with Gasteiger partial charge in [-0.05, 0) is 12.1 Å². The number of rotatable bonds is 6. The van der Waals surface area contributed by atoms with Gasteiger partial charge in [-0.2, -0.15) is 0 Å². The van der Waals surface area contributed by atoms with Gasteiger partial charge < -0.3 is 10.0 Å². The van der Waals surface area contributed by atoms with Crippen LogP contribution in [0.4, 0.5) is 5.69 Å². The first-order valence-corrected chi connectivity index (χ1v) is 7.70. The third-order valence-corrected chi connectivity index (χ3v) is 4.74. The van der Waals surface area contributed by atoms with Gasteiger partial charge in [0, 0.05) is 13.6 Å². The number of aliphatic carboxylic acids is 1. The highest BCUT2D eigenvalue weighted by Crippen LogP contribution is 2.25. The van der Waals surface area contributed by atoms with E-state index in [0.717, 1.165) is 0 Å². The molecule has 19 heavy (non-hydrogen) atoms. The summed E-state index contributed by atoms with van der Waals surface area (Å²) in [6, 6.07) is 6.65. The Hall–Kier alpha value is -1.56. The molecule has 0 aliphatic carbocycles. The van der Waals surface area contributed by atoms with Gasteiger partial charge in [0.25, 0.3) is 0 Å². The average Bonchev–Trinajstić information content (AvgIpc) is 2.38. The van der Waals surface area contributed by atoms with E-state index in [1.54, 1.807) is 50.1 Å². The molecule has 1 atom stereocenters. The van der Waals surface area contributed by atoms with Crippen molar-refractivity contribution in [1.82, 2.24) is 0 Å². The monoisotopic (exact) mass is 285 g/mol. The summed E-state index contributed by atoms with van der Waals surface area (Å²) >= 11 is 0. The summed E-state index contributed by atoms with van der Waals surface area (Å²) in [6.07, 6.45) is 0. The van der Waals surface area contributed by atoms with Gasteiger partial charge in [-0.25, -0.2) is 8.42 Å². The van der Waals surface area contributed by atoms with E-state index in [4.69, 9.17) is 5.11 Å². The third kappa shape index (κ3) is 3.70. The van der Waals surface area contributed by atoms with Crippen LogP contribution in [0, 0.1) is 5.92 Å². The molecule has 0 bridgehead atoms. The van der Waals surface area contributed by atoms with E-state index in [-0.39, 0.29) is 17.2 Å². The number of carboxylic acid groups (broad SMARTS) is 1. The minimum atomic E-state index is -3.32. The van der Waals surface area contributed by atoms with E-state index >= 15 is 0 Å². The number of hydrogen-bond donors (Lipinski definition) is 1. The lowest BCUT2D eigenvalue weighted by molar-refractivity contribution is -0.140. The number of hydrogen-bond acceptors (Lipinski definition) is 4. The second-order valence-electron chi connectivity index (χ2n) is 4.49. The van der Waals surface area contributed by atoms with E-state index in [0.29, 0.717) is 5.69 Å². The predicted molar refractivity (Wildman–Crippen MR) is 74.2 cm³/mol. The maximum Gasteiger partial charge on any atom is 0.308 e. The lowest BCUT2D eigenvalue weighted by atomic mass is 10.1. The summed E-state index contributed by atoms with van der Waals surface area (Å²) in [5, 5.41) is 8.91. The van der Waals surface area contributed by atoms with Crippen molar-refractivity contribution >= 4 is 21.5 Å². The number of benzene rings is 1. The standard InChI is InChI=1S/C13H19NO4S/c1-4-19(17,18)12-8-6-5-7-11(12)14(3)9-10(2)13(15)16/h5-8,10H,4,9H2,1-3H3,(H,15,16). The van der Waals surface area contributed by atoms with Gasteiger partial charge >= 0.3 is 5.97 Å². The van der Waals surface area contributed by atoms with E-state index in [2.05, 4.69) is 0 Å². The van der Waals surface area contributed by atoms with Gasteiger partial charge in [-0.15, -0.1) is 0 Å². The summed E-state index contributed by atoms with van der Waals surface area (Å²) in [7, 11) is -1.62. The van der Waals surface area contributed by atoms with Gasteiger partial charge in [0.1, 0.15) is 0 Å². The zero-order valence-electron chi connectivity index (χ0n) is 11.3. The molecule has 5 nitrogen and oxygen atoms in total. The molecule has 1 aromatic rings. The molecule has 0 amide bonds. The second-order valence-corrected chi connectivity index (χ2v) is 6.74. The fourth-order valence-electron chi connectivity index (χ4n) is 1.78. The van der Waals surface area contributed by atoms with Crippen molar-refractivity contribution < 1.29 is 18.3 Å². The van der Waals surface area contributed by atoms with Crippen LogP contribution in [-0.2, 0) is 14.6 Å². The van der Waals surface area contributed by atoms with Crippen LogP contribution in [0.5, 0.6) is 0 Å². The van der Waals surface area contributed by atoms with Gasteiger partial charge in [0.2, 0.25) is 0 Å². The van der Waals surface area contributed by atoms with Crippen LogP contribution in [0.2, 0.25) is 0 Å². The van der Waals surface area contributed by atoms with Crippen LogP contribution < -0.4 is 4.90 Å². The molecular formula is C13H19NO4S. The number of nitrogens with zero attached hydrogens (tertiary/aromatic N) is 1. The van der Waals surface area contributed by atoms with Gasteiger partial charge in [0.15, 0.2) is 9.84 Å². The van der Waals surface area contributed by atoms with Gasteiger partial charge in [-0.3, -0.25) is 4.79 Å². The summed E-state index contributed by atoms with van der Waals surface area (Å²) in [6.45, 7) is 3.44. The number of sulfone groups is 1. The Labute approximate surface area is 113 Å². The molecule has 0 heterocycles. The molecule has 0 saturated carbocycles. The Bertz CT molecular complexity index is 554. The Kier molecular flexibility index (Phi) is 4.94. The lowest BCUT2D eigenvalue weighted by Crippen LogP contribution is -2.29. The van der Waals surface area contributed by atoms with E-state index < -0.39 is 21.7 Å². The van der Waals surface area contributed by atoms with Crippen molar-refractivity contribution in [3.63, 3.8) is 0 Å². The maximum atomic E-state index is 12.0. The smallest absolute Gasteiger partial charge is 0.308 e. The highest BCUT2D eigenvalue weighted by molar-refractivity contribution is 7.91. The summed E-state index contributed by atoms with van der Waals surface area (Å²) < 4.78 is 24.0. The highest BCUT2D eigenvalue weighted by atomic mass is 32.2. The summed E-state index contributed by atoms with van der Waals surface area (Å²) in [5.74, 6) is -1.45. The molecule has 106 valence electrons. The lowest BCUT2D eigenvalue weighted by Gasteiger charge is -2.23. The zero-order chi connectivity index (χ0) is 14.6. The van der Waals surface area contributed by atoms with Crippen LogP contribution in [0.15, 0.2) is 29.2 Å². The van der Waals surface area contributed by atoms with Crippen molar-refractivity contribution in [3.05, 3.63) is 24.3 Å². The van der Waals surface area contributed by atoms with Crippen molar-refractivity contribution in [3.8, 4) is 0 Å². The van der Waals surface area contributed by atoms with E-state index in [9.17, 15) is 13.2 Å². The SMILES string of the molecule is CCS(=O)(=O)c1ccccc1N(C)CC(C)C(=O)O. The van der Waals surface area contributed by atoms with E-state index in [1.165, 1.54) is 0 Å². The fourth-order valence-corrected chi connectivity index (χ4v) is 2.92. The van der Waals surface area contributed by atoms with Crippen molar-refractivity contribution in [2.24, 2.45) is 5.92 Å². The molecule has 0 saturated heterocycles. The molecule has 1 rings (SSSR count). The summed E-state index contributed by atoms with van der Waals surface area (Å²) in [4.78, 5) is 12.8. The Morgan fingerprint density at radius 2 is 1.95 bits per heavy atom.